The maximum Gasteiger partial charge on any atom is 0.153 e. The summed E-state index contributed by atoms with van der Waals surface area (Å²) in [6, 6.07) is 3.20. The lowest BCUT2D eigenvalue weighted by Crippen LogP contribution is -2.28. The number of carbonyl (C=O) groups excluding carboxylic acids is 1. The third-order valence-corrected chi connectivity index (χ3v) is 4.08. The van der Waals surface area contributed by atoms with Gasteiger partial charge in [0, 0.05) is 5.02 Å². The van der Waals surface area contributed by atoms with E-state index >= 15 is 0 Å². The van der Waals surface area contributed by atoms with E-state index in [1.165, 1.54) is 6.42 Å². The molecule has 0 aromatic heterocycles. The number of rotatable bonds is 3. The van der Waals surface area contributed by atoms with Gasteiger partial charge in [-0.05, 0) is 43.2 Å². The normalized spacial score (nSPS) is 27.1. The molecule has 1 fully saturated rings. The fraction of sp³-hybridized carbons (Fsp3) is 0.533. The fourth-order valence-corrected chi connectivity index (χ4v) is 3.48. The van der Waals surface area contributed by atoms with Crippen LogP contribution in [0.25, 0.3) is 0 Å². The number of benzene rings is 1. The van der Waals surface area contributed by atoms with E-state index in [9.17, 15) is 4.79 Å². The standard InChI is InChI=1S/C15H18Cl2O2/c1-9-3-10(2)5-13(4-9)19-15-11(8-18)6-12(16)7-14(15)17/h6-10,13H,3-5H2,1-2H3. The summed E-state index contributed by atoms with van der Waals surface area (Å²) in [5.74, 6) is 1.74. The largest absolute Gasteiger partial charge is 0.488 e. The molecule has 2 nitrogen and oxygen atoms in total. The Labute approximate surface area is 124 Å². The van der Waals surface area contributed by atoms with Gasteiger partial charge in [0.05, 0.1) is 16.7 Å². The van der Waals surface area contributed by atoms with E-state index < -0.39 is 0 Å². The van der Waals surface area contributed by atoms with Gasteiger partial charge in [-0.15, -0.1) is 0 Å². The molecule has 104 valence electrons. The molecule has 0 bridgehead atoms. The van der Waals surface area contributed by atoms with Crippen molar-refractivity contribution in [3.8, 4) is 5.75 Å². The summed E-state index contributed by atoms with van der Waals surface area (Å²) < 4.78 is 5.98. The van der Waals surface area contributed by atoms with Gasteiger partial charge < -0.3 is 4.74 Å². The van der Waals surface area contributed by atoms with Crippen LogP contribution in [0.5, 0.6) is 5.75 Å². The molecular formula is C15H18Cl2O2. The van der Waals surface area contributed by atoms with E-state index in [2.05, 4.69) is 13.8 Å². The Bertz CT molecular complexity index is 463. The molecule has 1 aromatic carbocycles. The van der Waals surface area contributed by atoms with Crippen LogP contribution in [0.15, 0.2) is 12.1 Å². The number of aldehydes is 1. The molecule has 0 spiro atoms. The van der Waals surface area contributed by atoms with Crippen molar-refractivity contribution >= 4 is 29.5 Å². The van der Waals surface area contributed by atoms with Gasteiger partial charge >= 0.3 is 0 Å². The Hall–Kier alpha value is -0.730. The molecule has 1 aliphatic carbocycles. The molecule has 0 aliphatic heterocycles. The topological polar surface area (TPSA) is 26.3 Å². The van der Waals surface area contributed by atoms with Crippen molar-refractivity contribution in [2.45, 2.75) is 39.2 Å². The second-order valence-corrected chi connectivity index (χ2v) is 6.42. The summed E-state index contributed by atoms with van der Waals surface area (Å²) in [4.78, 5) is 11.1. The van der Waals surface area contributed by atoms with E-state index in [0.29, 0.717) is 33.2 Å². The second-order valence-electron chi connectivity index (χ2n) is 5.58. The smallest absolute Gasteiger partial charge is 0.153 e. The highest BCUT2D eigenvalue weighted by Gasteiger charge is 2.26. The van der Waals surface area contributed by atoms with Gasteiger partial charge in [0.2, 0.25) is 0 Å². The fourth-order valence-electron chi connectivity index (χ4n) is 2.93. The highest BCUT2D eigenvalue weighted by molar-refractivity contribution is 6.36. The molecule has 0 radical (unpaired) electrons. The van der Waals surface area contributed by atoms with E-state index in [1.807, 2.05) is 0 Å². The van der Waals surface area contributed by atoms with Gasteiger partial charge in [-0.2, -0.15) is 0 Å². The van der Waals surface area contributed by atoms with Crippen molar-refractivity contribution < 1.29 is 9.53 Å². The molecule has 2 unspecified atom stereocenters. The monoisotopic (exact) mass is 300 g/mol. The number of hydrogen-bond acceptors (Lipinski definition) is 2. The van der Waals surface area contributed by atoms with Crippen LogP contribution in [0.1, 0.15) is 43.5 Å². The minimum Gasteiger partial charge on any atom is -0.488 e. The molecular weight excluding hydrogens is 283 g/mol. The zero-order valence-electron chi connectivity index (χ0n) is 11.2. The average Bonchev–Trinajstić information content (AvgIpc) is 2.31. The molecule has 1 saturated carbocycles. The average molecular weight is 301 g/mol. The lowest BCUT2D eigenvalue weighted by atomic mass is 9.82. The number of hydrogen-bond donors (Lipinski definition) is 0. The molecule has 1 aliphatic rings. The molecule has 0 saturated heterocycles. The molecule has 2 atom stereocenters. The predicted molar refractivity (Wildman–Crippen MR) is 78.4 cm³/mol. The molecule has 1 aromatic rings. The van der Waals surface area contributed by atoms with Crippen molar-refractivity contribution in [3.63, 3.8) is 0 Å². The first-order valence-corrected chi connectivity index (χ1v) is 7.36. The minimum atomic E-state index is 0.121. The van der Waals surface area contributed by atoms with Crippen LogP contribution in [0.2, 0.25) is 10.0 Å². The number of halogens is 2. The van der Waals surface area contributed by atoms with Crippen LogP contribution in [0, 0.1) is 11.8 Å². The van der Waals surface area contributed by atoms with Crippen LogP contribution in [-0.2, 0) is 0 Å². The zero-order valence-corrected chi connectivity index (χ0v) is 12.7. The SMILES string of the molecule is CC1CC(C)CC(Oc2c(Cl)cc(Cl)cc2C=O)C1. The summed E-state index contributed by atoms with van der Waals surface area (Å²) in [6.07, 6.45) is 4.09. The van der Waals surface area contributed by atoms with E-state index in [1.54, 1.807) is 12.1 Å². The first kappa shape index (κ1) is 14.7. The third-order valence-electron chi connectivity index (χ3n) is 3.58. The maximum absolute atomic E-state index is 11.1. The molecule has 2 rings (SSSR count). The quantitative estimate of drug-likeness (QED) is 0.734. The molecule has 0 heterocycles. The Kier molecular flexibility index (Phi) is 4.75. The molecule has 19 heavy (non-hydrogen) atoms. The maximum atomic E-state index is 11.1. The predicted octanol–water partition coefficient (Wildman–Crippen LogP) is 5.01. The molecule has 0 amide bonds. The van der Waals surface area contributed by atoms with Crippen LogP contribution < -0.4 is 4.74 Å². The van der Waals surface area contributed by atoms with Gasteiger partial charge in [-0.3, -0.25) is 4.79 Å². The van der Waals surface area contributed by atoms with Gasteiger partial charge in [0.1, 0.15) is 5.75 Å². The highest BCUT2D eigenvalue weighted by atomic mass is 35.5. The van der Waals surface area contributed by atoms with Crippen LogP contribution >= 0.6 is 23.2 Å². The molecule has 0 N–H and O–H groups in total. The summed E-state index contributed by atoms with van der Waals surface area (Å²) in [6.45, 7) is 4.46. The lowest BCUT2D eigenvalue weighted by Gasteiger charge is -2.32. The number of ether oxygens (including phenoxy) is 1. The minimum absolute atomic E-state index is 0.121. The van der Waals surface area contributed by atoms with Crippen molar-refractivity contribution in [1.82, 2.24) is 0 Å². The Morgan fingerprint density at radius 3 is 2.37 bits per heavy atom. The van der Waals surface area contributed by atoms with E-state index in [0.717, 1.165) is 19.1 Å². The third kappa shape index (κ3) is 3.64. The summed E-state index contributed by atoms with van der Waals surface area (Å²) >= 11 is 12.0. The summed E-state index contributed by atoms with van der Waals surface area (Å²) in [5, 5.41) is 0.852. The van der Waals surface area contributed by atoms with Crippen molar-refractivity contribution in [1.29, 1.82) is 0 Å². The van der Waals surface area contributed by atoms with E-state index in [-0.39, 0.29) is 6.10 Å². The Morgan fingerprint density at radius 1 is 1.16 bits per heavy atom. The Balaban J connectivity index is 2.21. The highest BCUT2D eigenvalue weighted by Crippen LogP contribution is 2.36. The second kappa shape index (κ2) is 6.15. The van der Waals surface area contributed by atoms with Gasteiger partial charge in [-0.25, -0.2) is 0 Å². The van der Waals surface area contributed by atoms with Gasteiger partial charge in [0.25, 0.3) is 0 Å². The van der Waals surface area contributed by atoms with Crippen LogP contribution in [0.3, 0.4) is 0 Å². The van der Waals surface area contributed by atoms with Gasteiger partial charge in [0.15, 0.2) is 6.29 Å². The molecule has 4 heteroatoms. The lowest BCUT2D eigenvalue weighted by molar-refractivity contribution is 0.0981. The van der Waals surface area contributed by atoms with Crippen molar-refractivity contribution in [3.05, 3.63) is 27.7 Å². The first-order chi connectivity index (χ1) is 8.99. The summed E-state index contributed by atoms with van der Waals surface area (Å²) in [7, 11) is 0. The summed E-state index contributed by atoms with van der Waals surface area (Å²) in [5.41, 5.74) is 0.420. The first-order valence-electron chi connectivity index (χ1n) is 6.60. The van der Waals surface area contributed by atoms with Crippen LogP contribution in [-0.4, -0.2) is 12.4 Å². The van der Waals surface area contributed by atoms with E-state index in [4.69, 9.17) is 27.9 Å². The van der Waals surface area contributed by atoms with Gasteiger partial charge in [-0.1, -0.05) is 37.0 Å². The number of carbonyl (C=O) groups is 1. The van der Waals surface area contributed by atoms with Crippen molar-refractivity contribution in [2.24, 2.45) is 11.8 Å². The van der Waals surface area contributed by atoms with Crippen molar-refractivity contribution in [2.75, 3.05) is 0 Å². The van der Waals surface area contributed by atoms with Crippen LogP contribution in [0.4, 0.5) is 0 Å². The zero-order chi connectivity index (χ0) is 14.0. The Morgan fingerprint density at radius 2 is 1.79 bits per heavy atom.